The largest absolute Gasteiger partial charge is 0.481 e. The van der Waals surface area contributed by atoms with Crippen molar-refractivity contribution in [1.29, 1.82) is 0 Å². The summed E-state index contributed by atoms with van der Waals surface area (Å²) >= 11 is 5.91. The van der Waals surface area contributed by atoms with Crippen LogP contribution in [0.1, 0.15) is 18.1 Å². The molecule has 0 fully saturated rings. The summed E-state index contributed by atoms with van der Waals surface area (Å²) in [5.74, 6) is -2.40. The smallest absolute Gasteiger partial charge is 0.315 e. The lowest BCUT2D eigenvalue weighted by atomic mass is 9.98. The fourth-order valence-electron chi connectivity index (χ4n) is 2.09. The van der Waals surface area contributed by atoms with E-state index < -0.39 is 11.9 Å². The standard InChI is InChI=1S/C13H14ClNO3/c1-8(13(17)18)12(16)15-5-4-9-6-11(14)3-2-10(9)7-15/h2-3,6,8H,4-5,7H2,1H3,(H,17,18). The maximum absolute atomic E-state index is 11.9. The molecular weight excluding hydrogens is 254 g/mol. The van der Waals surface area contributed by atoms with Gasteiger partial charge in [0.25, 0.3) is 0 Å². The summed E-state index contributed by atoms with van der Waals surface area (Å²) in [6, 6.07) is 5.58. The summed E-state index contributed by atoms with van der Waals surface area (Å²) < 4.78 is 0. The van der Waals surface area contributed by atoms with Gasteiger partial charge < -0.3 is 10.0 Å². The van der Waals surface area contributed by atoms with Crippen LogP contribution < -0.4 is 0 Å². The predicted octanol–water partition coefficient (Wildman–Crippen LogP) is 1.95. The van der Waals surface area contributed by atoms with Crippen LogP contribution in [0.4, 0.5) is 0 Å². The highest BCUT2D eigenvalue weighted by molar-refractivity contribution is 6.30. The van der Waals surface area contributed by atoms with Crippen LogP contribution in [0.2, 0.25) is 5.02 Å². The molecule has 1 amide bonds. The third-order valence-electron chi connectivity index (χ3n) is 3.23. The van der Waals surface area contributed by atoms with E-state index in [0.717, 1.165) is 11.1 Å². The highest BCUT2D eigenvalue weighted by Crippen LogP contribution is 2.23. The lowest BCUT2D eigenvalue weighted by molar-refractivity contribution is -0.150. The second kappa shape index (κ2) is 4.98. The molecule has 0 aromatic heterocycles. The van der Waals surface area contributed by atoms with Crippen molar-refractivity contribution in [1.82, 2.24) is 4.90 Å². The summed E-state index contributed by atoms with van der Waals surface area (Å²) in [5.41, 5.74) is 2.17. The van der Waals surface area contributed by atoms with Crippen molar-refractivity contribution in [2.24, 2.45) is 5.92 Å². The van der Waals surface area contributed by atoms with Gasteiger partial charge in [-0.2, -0.15) is 0 Å². The van der Waals surface area contributed by atoms with E-state index in [1.165, 1.54) is 6.92 Å². The minimum atomic E-state index is -1.08. The molecule has 1 aliphatic rings. The molecule has 96 valence electrons. The van der Waals surface area contributed by atoms with E-state index in [-0.39, 0.29) is 5.91 Å². The number of benzene rings is 1. The van der Waals surface area contributed by atoms with Gasteiger partial charge in [-0.1, -0.05) is 17.7 Å². The van der Waals surface area contributed by atoms with Gasteiger partial charge in [0.15, 0.2) is 0 Å². The second-order valence-corrected chi connectivity index (χ2v) is 4.92. The van der Waals surface area contributed by atoms with E-state index in [1.54, 1.807) is 11.0 Å². The van der Waals surface area contributed by atoms with Gasteiger partial charge >= 0.3 is 5.97 Å². The third-order valence-corrected chi connectivity index (χ3v) is 3.47. The zero-order chi connectivity index (χ0) is 13.3. The van der Waals surface area contributed by atoms with E-state index in [1.807, 2.05) is 12.1 Å². The zero-order valence-electron chi connectivity index (χ0n) is 10.0. The van der Waals surface area contributed by atoms with Crippen LogP contribution in [0.15, 0.2) is 18.2 Å². The van der Waals surface area contributed by atoms with Crippen molar-refractivity contribution < 1.29 is 14.7 Å². The Morgan fingerprint density at radius 1 is 1.39 bits per heavy atom. The van der Waals surface area contributed by atoms with Gasteiger partial charge in [-0.05, 0) is 36.6 Å². The molecule has 5 heteroatoms. The molecule has 18 heavy (non-hydrogen) atoms. The fraction of sp³-hybridized carbons (Fsp3) is 0.385. The van der Waals surface area contributed by atoms with E-state index in [0.29, 0.717) is 24.5 Å². The van der Waals surface area contributed by atoms with Crippen LogP contribution in [-0.4, -0.2) is 28.4 Å². The van der Waals surface area contributed by atoms with Gasteiger partial charge in [-0.15, -0.1) is 0 Å². The van der Waals surface area contributed by atoms with E-state index in [2.05, 4.69) is 0 Å². The van der Waals surface area contributed by atoms with Crippen molar-refractivity contribution >= 4 is 23.5 Å². The first kappa shape index (κ1) is 12.9. The number of carboxylic acid groups (broad SMARTS) is 1. The Morgan fingerprint density at radius 2 is 2.11 bits per heavy atom. The van der Waals surface area contributed by atoms with Crippen molar-refractivity contribution in [2.45, 2.75) is 19.9 Å². The van der Waals surface area contributed by atoms with Crippen LogP contribution in [0.3, 0.4) is 0 Å². The number of amides is 1. The summed E-state index contributed by atoms with van der Waals surface area (Å²) in [4.78, 5) is 24.3. The molecule has 1 aromatic rings. The molecule has 0 saturated heterocycles. The number of halogens is 1. The maximum Gasteiger partial charge on any atom is 0.315 e. The molecule has 0 spiro atoms. The SMILES string of the molecule is CC(C(=O)O)C(=O)N1CCc2cc(Cl)ccc2C1. The summed E-state index contributed by atoms with van der Waals surface area (Å²) in [6.45, 7) is 2.43. The van der Waals surface area contributed by atoms with Gasteiger partial charge in [0, 0.05) is 18.1 Å². The number of nitrogens with zero attached hydrogens (tertiary/aromatic N) is 1. The molecule has 2 rings (SSSR count). The van der Waals surface area contributed by atoms with Crippen LogP contribution in [0.25, 0.3) is 0 Å². The number of rotatable bonds is 2. The maximum atomic E-state index is 11.9. The molecule has 1 aromatic carbocycles. The van der Waals surface area contributed by atoms with E-state index in [4.69, 9.17) is 16.7 Å². The highest BCUT2D eigenvalue weighted by atomic mass is 35.5. The summed E-state index contributed by atoms with van der Waals surface area (Å²) in [6.07, 6.45) is 0.716. The average Bonchev–Trinajstić information content (AvgIpc) is 2.36. The minimum absolute atomic E-state index is 0.330. The quantitative estimate of drug-likeness (QED) is 0.833. The minimum Gasteiger partial charge on any atom is -0.481 e. The van der Waals surface area contributed by atoms with Crippen LogP contribution in [0, 0.1) is 5.92 Å². The molecule has 4 nitrogen and oxygen atoms in total. The van der Waals surface area contributed by atoms with Crippen molar-refractivity contribution in [2.75, 3.05) is 6.54 Å². The Balaban J connectivity index is 2.15. The van der Waals surface area contributed by atoms with E-state index >= 15 is 0 Å². The molecule has 0 aliphatic carbocycles. The lowest BCUT2D eigenvalue weighted by Crippen LogP contribution is -2.41. The number of aliphatic carboxylic acids is 1. The molecule has 0 saturated carbocycles. The van der Waals surface area contributed by atoms with Gasteiger partial charge in [-0.3, -0.25) is 9.59 Å². The van der Waals surface area contributed by atoms with Crippen LogP contribution in [0.5, 0.6) is 0 Å². The lowest BCUT2D eigenvalue weighted by Gasteiger charge is -2.30. The van der Waals surface area contributed by atoms with E-state index in [9.17, 15) is 9.59 Å². The Hall–Kier alpha value is -1.55. The number of carbonyl (C=O) groups is 2. The van der Waals surface area contributed by atoms with Crippen molar-refractivity contribution in [3.8, 4) is 0 Å². The predicted molar refractivity (Wildman–Crippen MR) is 67.4 cm³/mol. The molecule has 1 N–H and O–H groups in total. The monoisotopic (exact) mass is 267 g/mol. The first-order chi connectivity index (χ1) is 8.49. The Kier molecular flexibility index (Phi) is 3.57. The summed E-state index contributed by atoms with van der Waals surface area (Å²) in [7, 11) is 0. The number of hydrogen-bond donors (Lipinski definition) is 1. The second-order valence-electron chi connectivity index (χ2n) is 4.48. The van der Waals surface area contributed by atoms with Gasteiger partial charge in [-0.25, -0.2) is 0 Å². The molecule has 1 unspecified atom stereocenters. The highest BCUT2D eigenvalue weighted by Gasteiger charge is 2.28. The molecular formula is C13H14ClNO3. The number of hydrogen-bond acceptors (Lipinski definition) is 2. The molecule has 1 heterocycles. The first-order valence-electron chi connectivity index (χ1n) is 5.78. The summed E-state index contributed by atoms with van der Waals surface area (Å²) in [5, 5.41) is 9.54. The van der Waals surface area contributed by atoms with Gasteiger partial charge in [0.1, 0.15) is 5.92 Å². The number of carbonyl (C=O) groups excluding carboxylic acids is 1. The first-order valence-corrected chi connectivity index (χ1v) is 6.15. The van der Waals surface area contributed by atoms with Gasteiger partial charge in [0.2, 0.25) is 5.91 Å². The van der Waals surface area contributed by atoms with Crippen molar-refractivity contribution in [3.05, 3.63) is 34.3 Å². The topological polar surface area (TPSA) is 57.6 Å². The number of fused-ring (bicyclic) bond motifs is 1. The van der Waals surface area contributed by atoms with Crippen LogP contribution in [-0.2, 0) is 22.6 Å². The molecule has 0 radical (unpaired) electrons. The van der Waals surface area contributed by atoms with Crippen LogP contribution >= 0.6 is 11.6 Å². The zero-order valence-corrected chi connectivity index (χ0v) is 10.8. The fourth-order valence-corrected chi connectivity index (χ4v) is 2.28. The average molecular weight is 268 g/mol. The Labute approximate surface area is 110 Å². The third kappa shape index (κ3) is 2.48. The molecule has 0 bridgehead atoms. The Bertz CT molecular complexity index is 501. The Morgan fingerprint density at radius 3 is 2.78 bits per heavy atom. The normalized spacial score (nSPS) is 16.0. The number of carboxylic acids is 1. The molecule has 1 aliphatic heterocycles. The van der Waals surface area contributed by atoms with Gasteiger partial charge in [0.05, 0.1) is 0 Å². The van der Waals surface area contributed by atoms with Crippen molar-refractivity contribution in [3.63, 3.8) is 0 Å². The molecule has 1 atom stereocenters.